The minimum atomic E-state index is 0.482. The summed E-state index contributed by atoms with van der Waals surface area (Å²) in [5.74, 6) is 0.970. The van der Waals surface area contributed by atoms with E-state index in [1.54, 1.807) is 6.20 Å². The largest absolute Gasteiger partial charge is 0.397 e. The zero-order chi connectivity index (χ0) is 10.9. The van der Waals surface area contributed by atoms with Crippen LogP contribution in [0.15, 0.2) is 12.3 Å². The molecule has 1 aliphatic carbocycles. The molecule has 82 valence electrons. The molecule has 0 bridgehead atoms. The Balaban J connectivity index is 1.98. The van der Waals surface area contributed by atoms with E-state index in [-0.39, 0.29) is 0 Å². The number of nitrogens with one attached hydrogen (secondary N) is 1. The molecule has 0 aromatic carbocycles. The number of pyridine rings is 1. The first-order valence-electron chi connectivity index (χ1n) is 5.55. The Morgan fingerprint density at radius 3 is 2.80 bits per heavy atom. The number of nitrogens with two attached hydrogens (primary N) is 1. The molecule has 0 aliphatic heterocycles. The Morgan fingerprint density at radius 1 is 1.53 bits per heavy atom. The predicted octanol–water partition coefficient (Wildman–Crippen LogP) is 2.57. The highest BCUT2D eigenvalue weighted by atomic mass is 15.0. The van der Waals surface area contributed by atoms with E-state index in [1.807, 2.05) is 13.0 Å². The van der Waals surface area contributed by atoms with E-state index in [2.05, 4.69) is 17.2 Å². The molecule has 0 amide bonds. The summed E-state index contributed by atoms with van der Waals surface area (Å²) >= 11 is 0. The number of nitrogens with zero attached hydrogens (tertiary/aromatic N) is 1. The molecule has 2 rings (SSSR count). The lowest BCUT2D eigenvalue weighted by molar-refractivity contribution is 0.180. The molecule has 0 atom stereocenters. The Morgan fingerprint density at radius 2 is 2.27 bits per heavy atom. The lowest BCUT2D eigenvalue weighted by Crippen LogP contribution is -2.33. The van der Waals surface area contributed by atoms with Gasteiger partial charge in [0.15, 0.2) is 0 Å². The molecule has 0 spiro atoms. The molecule has 3 heteroatoms. The van der Waals surface area contributed by atoms with Gasteiger partial charge in [-0.25, -0.2) is 4.98 Å². The Bertz CT molecular complexity index is 356. The van der Waals surface area contributed by atoms with Gasteiger partial charge >= 0.3 is 0 Å². The van der Waals surface area contributed by atoms with Crippen molar-refractivity contribution in [2.45, 2.75) is 33.1 Å². The maximum Gasteiger partial charge on any atom is 0.129 e. The van der Waals surface area contributed by atoms with Crippen molar-refractivity contribution >= 4 is 11.5 Å². The van der Waals surface area contributed by atoms with Crippen molar-refractivity contribution in [1.29, 1.82) is 0 Å². The third-order valence-electron chi connectivity index (χ3n) is 3.34. The van der Waals surface area contributed by atoms with Crippen LogP contribution in [0.2, 0.25) is 0 Å². The summed E-state index contributed by atoms with van der Waals surface area (Å²) in [5.41, 5.74) is 7.99. The van der Waals surface area contributed by atoms with Crippen molar-refractivity contribution in [2.24, 2.45) is 5.41 Å². The van der Waals surface area contributed by atoms with Gasteiger partial charge in [-0.3, -0.25) is 0 Å². The van der Waals surface area contributed by atoms with Crippen LogP contribution >= 0.6 is 0 Å². The second-order valence-corrected chi connectivity index (χ2v) is 4.95. The van der Waals surface area contributed by atoms with E-state index in [1.165, 1.54) is 19.3 Å². The van der Waals surface area contributed by atoms with Crippen LogP contribution in [0.25, 0.3) is 0 Å². The molecular formula is C12H19N3. The first-order chi connectivity index (χ1) is 7.09. The Hall–Kier alpha value is -1.25. The third kappa shape index (κ3) is 2.22. The summed E-state index contributed by atoms with van der Waals surface area (Å²) in [6.45, 7) is 5.38. The average molecular weight is 205 g/mol. The second kappa shape index (κ2) is 3.72. The fourth-order valence-corrected chi connectivity index (χ4v) is 2.04. The molecule has 1 aliphatic rings. The first-order valence-corrected chi connectivity index (χ1v) is 5.55. The van der Waals surface area contributed by atoms with Gasteiger partial charge in [0.25, 0.3) is 0 Å². The number of nitrogen functional groups attached to an aromatic ring is 1. The molecule has 1 aromatic heterocycles. The topological polar surface area (TPSA) is 50.9 Å². The van der Waals surface area contributed by atoms with Crippen LogP contribution < -0.4 is 11.1 Å². The molecule has 15 heavy (non-hydrogen) atoms. The molecule has 1 fully saturated rings. The van der Waals surface area contributed by atoms with E-state index in [9.17, 15) is 0 Å². The van der Waals surface area contributed by atoms with Gasteiger partial charge in [-0.1, -0.05) is 13.3 Å². The zero-order valence-corrected chi connectivity index (χ0v) is 9.51. The van der Waals surface area contributed by atoms with Gasteiger partial charge in [0.1, 0.15) is 5.82 Å². The fraction of sp³-hybridized carbons (Fsp3) is 0.583. The third-order valence-corrected chi connectivity index (χ3v) is 3.34. The summed E-state index contributed by atoms with van der Waals surface area (Å²) in [6, 6.07) is 1.96. The Labute approximate surface area is 91.1 Å². The average Bonchev–Trinajstić information content (AvgIpc) is 2.14. The lowest BCUT2D eigenvalue weighted by Gasteiger charge is -2.38. The number of hydrogen-bond acceptors (Lipinski definition) is 3. The smallest absolute Gasteiger partial charge is 0.129 e. The molecule has 1 aromatic rings. The van der Waals surface area contributed by atoms with Gasteiger partial charge in [-0.2, -0.15) is 0 Å². The molecule has 0 unspecified atom stereocenters. The lowest BCUT2D eigenvalue weighted by atomic mass is 9.70. The normalized spacial score (nSPS) is 18.3. The molecular weight excluding hydrogens is 186 g/mol. The van der Waals surface area contributed by atoms with Crippen molar-refractivity contribution in [3.8, 4) is 0 Å². The van der Waals surface area contributed by atoms with Crippen LogP contribution in [0, 0.1) is 12.3 Å². The molecule has 1 saturated carbocycles. The van der Waals surface area contributed by atoms with E-state index < -0.39 is 0 Å². The number of aryl methyl sites for hydroxylation is 1. The minimum Gasteiger partial charge on any atom is -0.397 e. The van der Waals surface area contributed by atoms with E-state index in [0.29, 0.717) is 5.41 Å². The number of hydrogen-bond donors (Lipinski definition) is 2. The summed E-state index contributed by atoms with van der Waals surface area (Å²) in [5, 5.41) is 3.42. The monoisotopic (exact) mass is 205 g/mol. The van der Waals surface area contributed by atoms with Crippen molar-refractivity contribution in [3.63, 3.8) is 0 Å². The van der Waals surface area contributed by atoms with Gasteiger partial charge < -0.3 is 11.1 Å². The summed E-state index contributed by atoms with van der Waals surface area (Å²) in [7, 11) is 0. The highest BCUT2D eigenvalue weighted by Crippen LogP contribution is 2.40. The minimum absolute atomic E-state index is 0.482. The van der Waals surface area contributed by atoms with Crippen molar-refractivity contribution in [3.05, 3.63) is 17.8 Å². The van der Waals surface area contributed by atoms with E-state index in [0.717, 1.165) is 23.6 Å². The van der Waals surface area contributed by atoms with Crippen LogP contribution in [0.5, 0.6) is 0 Å². The van der Waals surface area contributed by atoms with Gasteiger partial charge in [0, 0.05) is 6.54 Å². The van der Waals surface area contributed by atoms with Crippen LogP contribution in [-0.2, 0) is 0 Å². The summed E-state index contributed by atoms with van der Waals surface area (Å²) < 4.78 is 0. The standard InChI is InChI=1S/C12H19N3/c1-9-6-10(13)7-14-11(9)15-8-12(2)4-3-5-12/h6-7H,3-5,8,13H2,1-2H3,(H,14,15). The molecule has 0 saturated heterocycles. The molecule has 0 radical (unpaired) electrons. The van der Waals surface area contributed by atoms with Gasteiger partial charge in [0.2, 0.25) is 0 Å². The van der Waals surface area contributed by atoms with E-state index in [4.69, 9.17) is 5.73 Å². The fourth-order valence-electron chi connectivity index (χ4n) is 2.04. The van der Waals surface area contributed by atoms with Gasteiger partial charge in [-0.15, -0.1) is 0 Å². The van der Waals surface area contributed by atoms with Crippen LogP contribution in [0.4, 0.5) is 11.5 Å². The van der Waals surface area contributed by atoms with Crippen LogP contribution in [0.3, 0.4) is 0 Å². The van der Waals surface area contributed by atoms with Crippen molar-refractivity contribution in [1.82, 2.24) is 4.98 Å². The summed E-state index contributed by atoms with van der Waals surface area (Å²) in [6.07, 6.45) is 5.73. The van der Waals surface area contributed by atoms with Gasteiger partial charge in [-0.05, 0) is 36.8 Å². The second-order valence-electron chi connectivity index (χ2n) is 4.95. The number of anilines is 2. The first kappa shape index (κ1) is 10.3. The molecule has 3 N–H and O–H groups in total. The highest BCUT2D eigenvalue weighted by Gasteiger charge is 2.31. The number of aromatic nitrogens is 1. The van der Waals surface area contributed by atoms with Gasteiger partial charge in [0.05, 0.1) is 11.9 Å². The molecule has 3 nitrogen and oxygen atoms in total. The maximum atomic E-state index is 5.66. The van der Waals surface area contributed by atoms with Crippen LogP contribution in [0.1, 0.15) is 31.7 Å². The maximum absolute atomic E-state index is 5.66. The quantitative estimate of drug-likeness (QED) is 0.797. The zero-order valence-electron chi connectivity index (χ0n) is 9.51. The van der Waals surface area contributed by atoms with Crippen LogP contribution in [-0.4, -0.2) is 11.5 Å². The SMILES string of the molecule is Cc1cc(N)cnc1NCC1(C)CCC1. The van der Waals surface area contributed by atoms with Crippen molar-refractivity contribution in [2.75, 3.05) is 17.6 Å². The summed E-state index contributed by atoms with van der Waals surface area (Å²) in [4.78, 5) is 4.30. The number of rotatable bonds is 3. The molecule has 1 heterocycles. The van der Waals surface area contributed by atoms with E-state index >= 15 is 0 Å². The van der Waals surface area contributed by atoms with Crippen molar-refractivity contribution < 1.29 is 0 Å². The Kier molecular flexibility index (Phi) is 2.55. The highest BCUT2D eigenvalue weighted by molar-refractivity contribution is 5.50. The predicted molar refractivity (Wildman–Crippen MR) is 63.8 cm³/mol.